The van der Waals surface area contributed by atoms with Gasteiger partial charge in [0.1, 0.15) is 0 Å². The van der Waals surface area contributed by atoms with E-state index in [1.807, 2.05) is 6.07 Å². The number of rotatable bonds is 5. The first-order valence-corrected chi connectivity index (χ1v) is 6.86. The largest absolute Gasteiger partial charge is 0.346 e. The first kappa shape index (κ1) is 12.9. The van der Waals surface area contributed by atoms with Crippen molar-refractivity contribution < 1.29 is 5.21 Å². The smallest absolute Gasteiger partial charge is 0.0483 e. The van der Waals surface area contributed by atoms with Gasteiger partial charge < -0.3 is 9.77 Å². The fraction of sp³-hybridized carbons (Fsp3) is 0.176. The Morgan fingerprint density at radius 3 is 2.50 bits per heavy atom. The second kappa shape index (κ2) is 5.90. The quantitative estimate of drug-likeness (QED) is 0.696. The van der Waals surface area contributed by atoms with Crippen molar-refractivity contribution in [2.45, 2.75) is 13.0 Å². The molecule has 102 valence electrons. The Labute approximate surface area is 118 Å². The molecule has 0 aliphatic carbocycles. The maximum Gasteiger partial charge on any atom is 0.0483 e. The van der Waals surface area contributed by atoms with Gasteiger partial charge in [0.25, 0.3) is 0 Å². The van der Waals surface area contributed by atoms with E-state index < -0.39 is 0 Å². The summed E-state index contributed by atoms with van der Waals surface area (Å²) in [6.45, 7) is 1.30. The molecule has 2 N–H and O–H groups in total. The molecule has 3 rings (SSSR count). The normalized spacial score (nSPS) is 11.1. The van der Waals surface area contributed by atoms with Gasteiger partial charge in [-0.3, -0.25) is 0 Å². The summed E-state index contributed by atoms with van der Waals surface area (Å²) >= 11 is 0. The topological polar surface area (TPSA) is 37.2 Å². The maximum atomic E-state index is 8.78. The maximum absolute atomic E-state index is 8.78. The molecule has 0 saturated carbocycles. The van der Waals surface area contributed by atoms with E-state index in [2.05, 4.69) is 64.8 Å². The van der Waals surface area contributed by atoms with E-state index in [4.69, 9.17) is 5.21 Å². The average molecular weight is 266 g/mol. The number of para-hydroxylation sites is 1. The Hall–Kier alpha value is -2.10. The molecule has 0 spiro atoms. The van der Waals surface area contributed by atoms with Crippen LogP contribution in [0.4, 0.5) is 0 Å². The first-order chi connectivity index (χ1) is 9.88. The van der Waals surface area contributed by atoms with Crippen LogP contribution in [0, 0.1) is 0 Å². The van der Waals surface area contributed by atoms with Gasteiger partial charge in [-0.25, -0.2) is 5.48 Å². The Bertz CT molecular complexity index is 689. The van der Waals surface area contributed by atoms with Gasteiger partial charge in [0.15, 0.2) is 0 Å². The second-order valence-electron chi connectivity index (χ2n) is 4.94. The SMILES string of the molecule is ONCCn1cc(Cc2ccccc2)c2ccccc21. The third-order valence-electron chi connectivity index (χ3n) is 3.57. The summed E-state index contributed by atoms with van der Waals surface area (Å²) < 4.78 is 2.19. The Morgan fingerprint density at radius 1 is 0.950 bits per heavy atom. The number of hydrogen-bond acceptors (Lipinski definition) is 2. The minimum absolute atomic E-state index is 0.545. The number of hydroxylamine groups is 1. The number of nitrogens with one attached hydrogen (secondary N) is 1. The Kier molecular flexibility index (Phi) is 3.81. The fourth-order valence-corrected chi connectivity index (χ4v) is 2.63. The predicted octanol–water partition coefficient (Wildman–Crippen LogP) is 3.21. The van der Waals surface area contributed by atoms with E-state index in [-0.39, 0.29) is 0 Å². The molecule has 0 bridgehead atoms. The number of benzene rings is 2. The van der Waals surface area contributed by atoms with Crippen molar-refractivity contribution in [1.29, 1.82) is 0 Å². The van der Waals surface area contributed by atoms with Crippen molar-refractivity contribution in [3.63, 3.8) is 0 Å². The fourth-order valence-electron chi connectivity index (χ4n) is 2.63. The highest BCUT2D eigenvalue weighted by molar-refractivity contribution is 5.84. The number of nitrogens with zero attached hydrogens (tertiary/aromatic N) is 1. The van der Waals surface area contributed by atoms with Crippen LogP contribution in [-0.2, 0) is 13.0 Å². The van der Waals surface area contributed by atoms with E-state index in [9.17, 15) is 0 Å². The van der Waals surface area contributed by atoms with Gasteiger partial charge in [0.2, 0.25) is 0 Å². The first-order valence-electron chi connectivity index (χ1n) is 6.86. The van der Waals surface area contributed by atoms with Crippen LogP contribution < -0.4 is 5.48 Å². The molecular weight excluding hydrogens is 248 g/mol. The number of fused-ring (bicyclic) bond motifs is 1. The van der Waals surface area contributed by atoms with Crippen LogP contribution >= 0.6 is 0 Å². The zero-order valence-electron chi connectivity index (χ0n) is 11.3. The lowest BCUT2D eigenvalue weighted by atomic mass is 10.0. The van der Waals surface area contributed by atoms with E-state index >= 15 is 0 Å². The van der Waals surface area contributed by atoms with Crippen molar-refractivity contribution >= 4 is 10.9 Å². The van der Waals surface area contributed by atoms with Crippen molar-refractivity contribution in [2.75, 3.05) is 6.54 Å². The van der Waals surface area contributed by atoms with E-state index in [1.54, 1.807) is 0 Å². The highest BCUT2D eigenvalue weighted by Gasteiger charge is 2.08. The highest BCUT2D eigenvalue weighted by Crippen LogP contribution is 2.23. The molecule has 0 unspecified atom stereocenters. The van der Waals surface area contributed by atoms with Crippen LogP contribution in [0.1, 0.15) is 11.1 Å². The molecule has 3 aromatic rings. The van der Waals surface area contributed by atoms with Gasteiger partial charge >= 0.3 is 0 Å². The van der Waals surface area contributed by atoms with Crippen LogP contribution in [-0.4, -0.2) is 16.3 Å². The molecule has 0 atom stereocenters. The lowest BCUT2D eigenvalue weighted by molar-refractivity contribution is 0.163. The molecule has 0 saturated heterocycles. The molecule has 0 fully saturated rings. The molecule has 0 radical (unpaired) electrons. The lowest BCUT2D eigenvalue weighted by Crippen LogP contribution is -2.14. The van der Waals surface area contributed by atoms with Crippen molar-refractivity contribution in [3.8, 4) is 0 Å². The van der Waals surface area contributed by atoms with Crippen LogP contribution in [0.15, 0.2) is 60.8 Å². The number of aromatic nitrogens is 1. The molecule has 0 amide bonds. The van der Waals surface area contributed by atoms with Crippen LogP contribution in [0.25, 0.3) is 10.9 Å². The van der Waals surface area contributed by atoms with Gasteiger partial charge in [0, 0.05) is 30.2 Å². The zero-order chi connectivity index (χ0) is 13.8. The van der Waals surface area contributed by atoms with Crippen molar-refractivity contribution in [2.24, 2.45) is 0 Å². The van der Waals surface area contributed by atoms with Crippen molar-refractivity contribution in [3.05, 3.63) is 71.9 Å². The van der Waals surface area contributed by atoms with E-state index in [0.717, 1.165) is 13.0 Å². The van der Waals surface area contributed by atoms with Gasteiger partial charge in [-0.15, -0.1) is 0 Å². The third kappa shape index (κ3) is 2.59. The molecule has 3 nitrogen and oxygen atoms in total. The molecule has 1 aromatic heterocycles. The number of hydrogen-bond donors (Lipinski definition) is 2. The van der Waals surface area contributed by atoms with Crippen LogP contribution in [0.5, 0.6) is 0 Å². The second-order valence-corrected chi connectivity index (χ2v) is 4.94. The highest BCUT2D eigenvalue weighted by atomic mass is 16.5. The predicted molar refractivity (Wildman–Crippen MR) is 81.0 cm³/mol. The molecule has 20 heavy (non-hydrogen) atoms. The summed E-state index contributed by atoms with van der Waals surface area (Å²) in [7, 11) is 0. The molecular formula is C17H18N2O. The molecule has 3 heteroatoms. The summed E-state index contributed by atoms with van der Waals surface area (Å²) in [5.74, 6) is 0. The zero-order valence-corrected chi connectivity index (χ0v) is 11.3. The van der Waals surface area contributed by atoms with Gasteiger partial charge in [-0.05, 0) is 23.6 Å². The molecule has 1 heterocycles. The molecule has 0 aliphatic rings. The molecule has 2 aromatic carbocycles. The molecule has 0 aliphatic heterocycles. The summed E-state index contributed by atoms with van der Waals surface area (Å²) in [5, 5.41) is 10.1. The Morgan fingerprint density at radius 2 is 1.70 bits per heavy atom. The monoisotopic (exact) mass is 266 g/mol. The summed E-state index contributed by atoms with van der Waals surface area (Å²) in [4.78, 5) is 0. The van der Waals surface area contributed by atoms with Crippen LogP contribution in [0.3, 0.4) is 0 Å². The summed E-state index contributed by atoms with van der Waals surface area (Å²) in [6, 6.07) is 18.9. The third-order valence-corrected chi connectivity index (χ3v) is 3.57. The van der Waals surface area contributed by atoms with E-state index in [0.29, 0.717) is 6.54 Å². The summed E-state index contributed by atoms with van der Waals surface area (Å²) in [5.41, 5.74) is 6.07. The average Bonchev–Trinajstić information content (AvgIpc) is 2.85. The lowest BCUT2D eigenvalue weighted by Gasteiger charge is -2.03. The van der Waals surface area contributed by atoms with Gasteiger partial charge in [0.05, 0.1) is 0 Å². The van der Waals surface area contributed by atoms with Crippen molar-refractivity contribution in [1.82, 2.24) is 10.0 Å². The van der Waals surface area contributed by atoms with Gasteiger partial charge in [-0.2, -0.15) is 0 Å². The Balaban J connectivity index is 1.98. The van der Waals surface area contributed by atoms with E-state index in [1.165, 1.54) is 22.0 Å². The standard InChI is InChI=1S/C17H18N2O/c20-18-10-11-19-13-15(12-14-6-2-1-3-7-14)16-8-4-5-9-17(16)19/h1-9,13,18,20H,10-12H2. The van der Waals surface area contributed by atoms with Gasteiger partial charge in [-0.1, -0.05) is 48.5 Å². The minimum atomic E-state index is 0.545. The minimum Gasteiger partial charge on any atom is -0.346 e. The van der Waals surface area contributed by atoms with Crippen LogP contribution in [0.2, 0.25) is 0 Å². The summed E-state index contributed by atoms with van der Waals surface area (Å²) in [6.07, 6.45) is 3.12.